The van der Waals surface area contributed by atoms with E-state index in [1.54, 1.807) is 18.2 Å². The minimum atomic E-state index is -2.70. The van der Waals surface area contributed by atoms with Crippen LogP contribution in [0.5, 0.6) is 0 Å². The number of fused-ring (bicyclic) bond motifs is 1. The minimum absolute atomic E-state index is 0.302. The van der Waals surface area contributed by atoms with E-state index in [1.165, 1.54) is 24.3 Å². The molecule has 2 N–H and O–H groups in total. The van der Waals surface area contributed by atoms with Gasteiger partial charge in [-0.3, -0.25) is 4.79 Å². The molecule has 1 heterocycles. The second-order valence-corrected chi connectivity index (χ2v) is 6.55. The number of benzene rings is 2. The fourth-order valence-electron chi connectivity index (χ4n) is 3.35. The largest absolute Gasteiger partial charge is 0.343 e. The van der Waals surface area contributed by atoms with Crippen molar-refractivity contribution in [2.45, 2.75) is 31.2 Å². The number of carbonyl (C=O) groups excluding carboxylic acids is 1. The Morgan fingerprint density at radius 1 is 1.15 bits per heavy atom. The molecule has 1 aliphatic rings. The maximum absolute atomic E-state index is 13.2. The number of alkyl halides is 2. The number of H-pyrrole nitrogens is 1. The molecule has 4 rings (SSSR count). The number of hydrogen-bond acceptors (Lipinski definition) is 2. The molecule has 2 aromatic carbocycles. The van der Waals surface area contributed by atoms with Crippen molar-refractivity contribution >= 4 is 16.9 Å². The van der Waals surface area contributed by atoms with Gasteiger partial charge in [-0.2, -0.15) is 0 Å². The summed E-state index contributed by atoms with van der Waals surface area (Å²) in [6.45, 7) is 0. The highest BCUT2D eigenvalue weighted by Gasteiger charge is 2.40. The maximum Gasteiger partial charge on any atom is 0.295 e. The van der Waals surface area contributed by atoms with E-state index in [9.17, 15) is 18.0 Å². The van der Waals surface area contributed by atoms with Crippen LogP contribution in [0, 0.1) is 5.82 Å². The van der Waals surface area contributed by atoms with Gasteiger partial charge < -0.3 is 10.3 Å². The Morgan fingerprint density at radius 2 is 1.88 bits per heavy atom. The predicted molar refractivity (Wildman–Crippen MR) is 90.4 cm³/mol. The van der Waals surface area contributed by atoms with Crippen LogP contribution in [0.3, 0.4) is 0 Å². The molecule has 0 saturated heterocycles. The van der Waals surface area contributed by atoms with Crippen molar-refractivity contribution < 1.29 is 18.0 Å². The standard InChI is InChI=1S/C19H16F3N3O/c20-13-5-3-12(4-6-13)19(8-1-9-19)25-18(26)11-2-7-14-15(10-11)24-17(23-14)16(21)22/h2-7,10,16H,1,8-9H2,(H,23,24)(H,25,26). The summed E-state index contributed by atoms with van der Waals surface area (Å²) >= 11 is 0. The molecule has 134 valence electrons. The number of amides is 1. The molecule has 1 saturated carbocycles. The highest BCUT2D eigenvalue weighted by molar-refractivity contribution is 5.97. The molecule has 26 heavy (non-hydrogen) atoms. The van der Waals surface area contributed by atoms with E-state index < -0.39 is 17.8 Å². The lowest BCUT2D eigenvalue weighted by Gasteiger charge is -2.43. The van der Waals surface area contributed by atoms with E-state index in [2.05, 4.69) is 15.3 Å². The Bertz CT molecular complexity index is 962. The third kappa shape index (κ3) is 2.83. The van der Waals surface area contributed by atoms with E-state index >= 15 is 0 Å². The van der Waals surface area contributed by atoms with Gasteiger partial charge in [0.2, 0.25) is 0 Å². The first-order valence-corrected chi connectivity index (χ1v) is 8.33. The van der Waals surface area contributed by atoms with E-state index in [0.29, 0.717) is 16.6 Å². The molecule has 0 unspecified atom stereocenters. The normalized spacial score (nSPS) is 15.8. The summed E-state index contributed by atoms with van der Waals surface area (Å²) in [7, 11) is 0. The van der Waals surface area contributed by atoms with Gasteiger partial charge in [0.25, 0.3) is 12.3 Å². The Labute approximate surface area is 147 Å². The first-order valence-electron chi connectivity index (χ1n) is 8.33. The van der Waals surface area contributed by atoms with E-state index in [-0.39, 0.29) is 11.7 Å². The molecular formula is C19H16F3N3O. The first kappa shape index (κ1) is 16.6. The van der Waals surface area contributed by atoms with Crippen LogP contribution in [-0.4, -0.2) is 15.9 Å². The SMILES string of the molecule is O=C(NC1(c2ccc(F)cc2)CCC1)c1ccc2nc(C(F)F)[nH]c2c1. The zero-order valence-corrected chi connectivity index (χ0v) is 13.7. The van der Waals surface area contributed by atoms with Crippen molar-refractivity contribution in [1.82, 2.24) is 15.3 Å². The number of nitrogens with one attached hydrogen (secondary N) is 2. The van der Waals surface area contributed by atoms with Crippen molar-refractivity contribution in [3.05, 3.63) is 65.2 Å². The minimum Gasteiger partial charge on any atom is -0.343 e. The average molecular weight is 359 g/mol. The third-order valence-electron chi connectivity index (χ3n) is 4.93. The van der Waals surface area contributed by atoms with Crippen LogP contribution < -0.4 is 5.32 Å². The van der Waals surface area contributed by atoms with E-state index in [0.717, 1.165) is 24.8 Å². The van der Waals surface area contributed by atoms with Gasteiger partial charge in [0.05, 0.1) is 16.6 Å². The zero-order valence-electron chi connectivity index (χ0n) is 13.7. The summed E-state index contributed by atoms with van der Waals surface area (Å²) in [6.07, 6.45) is -0.190. The monoisotopic (exact) mass is 359 g/mol. The topological polar surface area (TPSA) is 57.8 Å². The summed E-state index contributed by atoms with van der Waals surface area (Å²) in [6, 6.07) is 10.7. The van der Waals surface area contributed by atoms with Crippen molar-refractivity contribution in [3.8, 4) is 0 Å². The third-order valence-corrected chi connectivity index (χ3v) is 4.93. The highest BCUT2D eigenvalue weighted by Crippen LogP contribution is 2.41. The van der Waals surface area contributed by atoms with Gasteiger partial charge in [-0.25, -0.2) is 18.2 Å². The molecule has 3 aromatic rings. The van der Waals surface area contributed by atoms with Gasteiger partial charge in [0, 0.05) is 5.56 Å². The summed E-state index contributed by atoms with van der Waals surface area (Å²) in [5.74, 6) is -1.04. The zero-order chi connectivity index (χ0) is 18.3. The maximum atomic E-state index is 13.2. The predicted octanol–water partition coefficient (Wildman–Crippen LogP) is 4.45. The molecule has 0 bridgehead atoms. The van der Waals surface area contributed by atoms with Crippen LogP contribution in [0.2, 0.25) is 0 Å². The van der Waals surface area contributed by atoms with Crippen molar-refractivity contribution in [1.29, 1.82) is 0 Å². The average Bonchev–Trinajstić information content (AvgIpc) is 3.02. The molecule has 0 aliphatic heterocycles. The molecule has 1 amide bonds. The van der Waals surface area contributed by atoms with Crippen molar-refractivity contribution in [2.24, 2.45) is 0 Å². The Balaban J connectivity index is 1.60. The second-order valence-electron chi connectivity index (χ2n) is 6.55. The van der Waals surface area contributed by atoms with Gasteiger partial charge in [0.1, 0.15) is 5.82 Å². The molecule has 0 atom stereocenters. The molecule has 0 radical (unpaired) electrons. The second kappa shape index (κ2) is 6.16. The highest BCUT2D eigenvalue weighted by atomic mass is 19.3. The molecule has 7 heteroatoms. The smallest absolute Gasteiger partial charge is 0.295 e. The van der Waals surface area contributed by atoms with Crippen LogP contribution in [0.25, 0.3) is 11.0 Å². The Hall–Kier alpha value is -2.83. The molecule has 1 aromatic heterocycles. The number of carbonyl (C=O) groups is 1. The number of halogens is 3. The van der Waals surface area contributed by atoms with Crippen LogP contribution >= 0.6 is 0 Å². The number of rotatable bonds is 4. The van der Waals surface area contributed by atoms with Crippen molar-refractivity contribution in [2.75, 3.05) is 0 Å². The Kier molecular flexibility index (Phi) is 3.94. The fourth-order valence-corrected chi connectivity index (χ4v) is 3.35. The number of hydrogen-bond donors (Lipinski definition) is 2. The van der Waals surface area contributed by atoms with Gasteiger partial charge >= 0.3 is 0 Å². The molecule has 1 fully saturated rings. The van der Waals surface area contributed by atoms with E-state index in [4.69, 9.17) is 0 Å². The Morgan fingerprint density at radius 3 is 2.50 bits per heavy atom. The van der Waals surface area contributed by atoms with Crippen LogP contribution in [0.4, 0.5) is 13.2 Å². The van der Waals surface area contributed by atoms with Crippen LogP contribution in [0.1, 0.15) is 47.4 Å². The van der Waals surface area contributed by atoms with Gasteiger partial charge in [-0.1, -0.05) is 12.1 Å². The summed E-state index contributed by atoms with van der Waals surface area (Å²) < 4.78 is 38.7. The van der Waals surface area contributed by atoms with E-state index in [1.807, 2.05) is 0 Å². The lowest BCUT2D eigenvalue weighted by molar-refractivity contribution is 0.0823. The lowest BCUT2D eigenvalue weighted by Crippen LogP contribution is -2.50. The molecule has 1 aliphatic carbocycles. The number of imidazole rings is 1. The number of aromatic amines is 1. The van der Waals surface area contributed by atoms with Crippen LogP contribution in [0.15, 0.2) is 42.5 Å². The van der Waals surface area contributed by atoms with Crippen molar-refractivity contribution in [3.63, 3.8) is 0 Å². The quantitative estimate of drug-likeness (QED) is 0.723. The van der Waals surface area contributed by atoms with Gasteiger partial charge in [-0.05, 0) is 55.2 Å². The molecule has 4 nitrogen and oxygen atoms in total. The lowest BCUT2D eigenvalue weighted by atomic mass is 9.71. The summed E-state index contributed by atoms with van der Waals surface area (Å²) in [5.41, 5.74) is 1.48. The fraction of sp³-hybridized carbons (Fsp3) is 0.263. The van der Waals surface area contributed by atoms with Gasteiger partial charge in [-0.15, -0.1) is 0 Å². The van der Waals surface area contributed by atoms with Gasteiger partial charge in [0.15, 0.2) is 5.82 Å². The number of aromatic nitrogens is 2. The molecular weight excluding hydrogens is 343 g/mol. The summed E-state index contributed by atoms with van der Waals surface area (Å²) in [4.78, 5) is 19.0. The first-order chi connectivity index (χ1) is 12.5. The van der Waals surface area contributed by atoms with Crippen LogP contribution in [-0.2, 0) is 5.54 Å². The summed E-state index contributed by atoms with van der Waals surface area (Å²) in [5, 5.41) is 3.03. The molecule has 0 spiro atoms. The number of nitrogens with zero attached hydrogens (tertiary/aromatic N) is 1.